The fraction of sp³-hybridized carbons (Fsp3) is 0.294. The number of hydrogen-bond acceptors (Lipinski definition) is 1. The van der Waals surface area contributed by atoms with Crippen molar-refractivity contribution in [2.75, 3.05) is 5.32 Å². The average molecular weight is 274 g/mol. The largest absolute Gasteiger partial charge is 0.377 e. The van der Waals surface area contributed by atoms with Gasteiger partial charge in [0.1, 0.15) is 0 Å². The van der Waals surface area contributed by atoms with Crippen LogP contribution in [0.4, 0.5) is 5.69 Å². The highest BCUT2D eigenvalue weighted by molar-refractivity contribution is 6.33. The number of para-hydroxylation sites is 1. The quantitative estimate of drug-likeness (QED) is 0.785. The van der Waals surface area contributed by atoms with E-state index in [1.807, 2.05) is 24.3 Å². The first-order chi connectivity index (χ1) is 8.99. The van der Waals surface area contributed by atoms with E-state index in [0.29, 0.717) is 0 Å². The second kappa shape index (κ2) is 5.66. The minimum absolute atomic E-state index is 0.237. The lowest BCUT2D eigenvalue weighted by Crippen LogP contribution is -2.10. The van der Waals surface area contributed by atoms with Crippen molar-refractivity contribution in [3.8, 4) is 0 Å². The van der Waals surface area contributed by atoms with Crippen molar-refractivity contribution in [2.24, 2.45) is 0 Å². The maximum Gasteiger partial charge on any atom is 0.0637 e. The Balaban J connectivity index is 2.31. The van der Waals surface area contributed by atoms with Gasteiger partial charge in [0.25, 0.3) is 0 Å². The second-order valence-corrected chi connectivity index (χ2v) is 5.57. The monoisotopic (exact) mass is 273 g/mol. The Morgan fingerprint density at radius 3 is 2.16 bits per heavy atom. The number of anilines is 1. The molecule has 0 spiro atoms. The fourth-order valence-electron chi connectivity index (χ4n) is 2.76. The molecule has 0 saturated carbocycles. The molecule has 0 aliphatic carbocycles. The Labute approximate surface area is 120 Å². The minimum Gasteiger partial charge on any atom is -0.377 e. The van der Waals surface area contributed by atoms with Crippen LogP contribution in [0.15, 0.2) is 36.4 Å². The molecule has 0 radical (unpaired) electrons. The van der Waals surface area contributed by atoms with E-state index in [2.05, 4.69) is 45.1 Å². The lowest BCUT2D eigenvalue weighted by atomic mass is 9.95. The molecule has 1 atom stereocenters. The highest BCUT2D eigenvalue weighted by atomic mass is 35.5. The van der Waals surface area contributed by atoms with E-state index in [4.69, 9.17) is 11.6 Å². The summed E-state index contributed by atoms with van der Waals surface area (Å²) in [5, 5.41) is 4.26. The van der Waals surface area contributed by atoms with Crippen LogP contribution in [0.3, 0.4) is 0 Å². The summed E-state index contributed by atoms with van der Waals surface area (Å²) in [6.45, 7) is 8.64. The van der Waals surface area contributed by atoms with Crippen molar-refractivity contribution in [2.45, 2.75) is 33.7 Å². The van der Waals surface area contributed by atoms with Crippen molar-refractivity contribution in [3.05, 3.63) is 63.7 Å². The van der Waals surface area contributed by atoms with Crippen LogP contribution in [0.5, 0.6) is 0 Å². The Kier molecular flexibility index (Phi) is 4.16. The molecule has 0 aromatic heterocycles. The van der Waals surface area contributed by atoms with Gasteiger partial charge in [0.2, 0.25) is 0 Å². The van der Waals surface area contributed by atoms with Gasteiger partial charge in [-0.1, -0.05) is 41.4 Å². The molecule has 0 heterocycles. The van der Waals surface area contributed by atoms with Crippen molar-refractivity contribution < 1.29 is 0 Å². The molecule has 2 aromatic rings. The third-order valence-electron chi connectivity index (χ3n) is 3.42. The summed E-state index contributed by atoms with van der Waals surface area (Å²) in [7, 11) is 0. The minimum atomic E-state index is 0.237. The number of aryl methyl sites for hydroxylation is 3. The van der Waals surface area contributed by atoms with Crippen molar-refractivity contribution >= 4 is 17.3 Å². The molecular formula is C17H20ClN. The zero-order valence-electron chi connectivity index (χ0n) is 11.9. The number of rotatable bonds is 3. The number of hydrogen-bond donors (Lipinski definition) is 1. The number of benzene rings is 2. The first-order valence-corrected chi connectivity index (χ1v) is 6.95. The predicted octanol–water partition coefficient (Wildman–Crippen LogP) is 5.44. The molecule has 1 nitrogen and oxygen atoms in total. The Bertz CT molecular complexity index is 567. The van der Waals surface area contributed by atoms with Crippen LogP contribution in [0.2, 0.25) is 5.02 Å². The molecular weight excluding hydrogens is 254 g/mol. The van der Waals surface area contributed by atoms with Crippen molar-refractivity contribution in [3.63, 3.8) is 0 Å². The lowest BCUT2D eigenvalue weighted by molar-refractivity contribution is 0.862. The van der Waals surface area contributed by atoms with Gasteiger partial charge in [-0.2, -0.15) is 0 Å². The molecule has 2 rings (SSSR count). The van der Waals surface area contributed by atoms with Crippen molar-refractivity contribution in [1.82, 2.24) is 0 Å². The fourth-order valence-corrected chi connectivity index (χ4v) is 2.95. The van der Waals surface area contributed by atoms with E-state index in [0.717, 1.165) is 10.7 Å². The molecule has 2 heteroatoms. The SMILES string of the molecule is Cc1cc(C)c(C(C)Nc2ccccc2Cl)c(C)c1. The zero-order chi connectivity index (χ0) is 14.0. The molecule has 0 aliphatic heterocycles. The van der Waals surface area contributed by atoms with Gasteiger partial charge < -0.3 is 5.32 Å². The normalized spacial score (nSPS) is 12.3. The van der Waals surface area contributed by atoms with Crippen LogP contribution in [-0.4, -0.2) is 0 Å². The molecule has 1 N–H and O–H groups in total. The summed E-state index contributed by atoms with van der Waals surface area (Å²) < 4.78 is 0. The van der Waals surface area contributed by atoms with E-state index in [1.54, 1.807) is 0 Å². The summed E-state index contributed by atoms with van der Waals surface area (Å²) in [4.78, 5) is 0. The highest BCUT2D eigenvalue weighted by Crippen LogP contribution is 2.29. The zero-order valence-corrected chi connectivity index (χ0v) is 12.7. The van der Waals surface area contributed by atoms with Gasteiger partial charge in [-0.3, -0.25) is 0 Å². The Hall–Kier alpha value is -1.47. The maximum atomic E-state index is 6.20. The summed E-state index contributed by atoms with van der Waals surface area (Å²) in [5.41, 5.74) is 6.29. The molecule has 19 heavy (non-hydrogen) atoms. The third-order valence-corrected chi connectivity index (χ3v) is 3.75. The van der Waals surface area contributed by atoms with E-state index in [9.17, 15) is 0 Å². The topological polar surface area (TPSA) is 12.0 Å². The first kappa shape index (κ1) is 14.0. The maximum absolute atomic E-state index is 6.20. The van der Waals surface area contributed by atoms with Crippen LogP contribution < -0.4 is 5.32 Å². The van der Waals surface area contributed by atoms with Gasteiger partial charge in [-0.05, 0) is 56.5 Å². The van der Waals surface area contributed by atoms with Crippen LogP contribution in [0.1, 0.15) is 35.2 Å². The van der Waals surface area contributed by atoms with Crippen LogP contribution >= 0.6 is 11.6 Å². The lowest BCUT2D eigenvalue weighted by Gasteiger charge is -2.21. The summed E-state index contributed by atoms with van der Waals surface area (Å²) in [5.74, 6) is 0. The van der Waals surface area contributed by atoms with Gasteiger partial charge >= 0.3 is 0 Å². The third kappa shape index (κ3) is 3.10. The molecule has 1 unspecified atom stereocenters. The standard InChI is InChI=1S/C17H20ClN/c1-11-9-12(2)17(13(3)10-11)14(4)19-16-8-6-5-7-15(16)18/h5-10,14,19H,1-4H3. The van der Waals surface area contributed by atoms with E-state index in [1.165, 1.54) is 22.3 Å². The Morgan fingerprint density at radius 2 is 1.58 bits per heavy atom. The summed E-state index contributed by atoms with van der Waals surface area (Å²) >= 11 is 6.20. The van der Waals surface area contributed by atoms with Gasteiger partial charge in [0.05, 0.1) is 10.7 Å². The van der Waals surface area contributed by atoms with Crippen LogP contribution in [0, 0.1) is 20.8 Å². The molecule has 100 valence electrons. The number of nitrogens with one attached hydrogen (secondary N) is 1. The highest BCUT2D eigenvalue weighted by Gasteiger charge is 2.12. The molecule has 0 fully saturated rings. The summed E-state index contributed by atoms with van der Waals surface area (Å²) in [6, 6.07) is 12.6. The van der Waals surface area contributed by atoms with Gasteiger partial charge in [0, 0.05) is 6.04 Å². The average Bonchev–Trinajstić information content (AvgIpc) is 2.30. The van der Waals surface area contributed by atoms with Crippen molar-refractivity contribution in [1.29, 1.82) is 0 Å². The smallest absolute Gasteiger partial charge is 0.0637 e. The molecule has 0 bridgehead atoms. The van der Waals surface area contributed by atoms with E-state index < -0.39 is 0 Å². The summed E-state index contributed by atoms with van der Waals surface area (Å²) in [6.07, 6.45) is 0. The van der Waals surface area contributed by atoms with Gasteiger partial charge in [-0.25, -0.2) is 0 Å². The predicted molar refractivity (Wildman–Crippen MR) is 84.1 cm³/mol. The van der Waals surface area contributed by atoms with E-state index in [-0.39, 0.29) is 6.04 Å². The first-order valence-electron chi connectivity index (χ1n) is 6.58. The van der Waals surface area contributed by atoms with E-state index >= 15 is 0 Å². The Morgan fingerprint density at radius 1 is 1.00 bits per heavy atom. The molecule has 0 saturated heterocycles. The number of halogens is 1. The van der Waals surface area contributed by atoms with Crippen LogP contribution in [0.25, 0.3) is 0 Å². The molecule has 2 aromatic carbocycles. The van der Waals surface area contributed by atoms with Gasteiger partial charge in [0.15, 0.2) is 0 Å². The van der Waals surface area contributed by atoms with Gasteiger partial charge in [-0.15, -0.1) is 0 Å². The molecule has 0 aliphatic rings. The second-order valence-electron chi connectivity index (χ2n) is 5.16. The van der Waals surface area contributed by atoms with Crippen LogP contribution in [-0.2, 0) is 0 Å². The molecule has 0 amide bonds.